The van der Waals surface area contributed by atoms with E-state index >= 15 is 0 Å². The molecule has 0 aromatic heterocycles. The van der Waals surface area contributed by atoms with Crippen molar-refractivity contribution < 1.29 is 4.79 Å². The van der Waals surface area contributed by atoms with Crippen molar-refractivity contribution in [3.63, 3.8) is 0 Å². The van der Waals surface area contributed by atoms with Gasteiger partial charge < -0.3 is 9.80 Å². The second-order valence-corrected chi connectivity index (χ2v) is 7.19. The first-order valence-electron chi connectivity index (χ1n) is 6.40. The van der Waals surface area contributed by atoms with Crippen LogP contribution in [-0.2, 0) is 0 Å². The van der Waals surface area contributed by atoms with E-state index in [1.165, 1.54) is 12.8 Å². The summed E-state index contributed by atoms with van der Waals surface area (Å²) in [4.78, 5) is 16.7. The Morgan fingerprint density at radius 2 is 2.32 bits per heavy atom. The van der Waals surface area contributed by atoms with Crippen LogP contribution in [0.5, 0.6) is 0 Å². The van der Waals surface area contributed by atoms with Crippen LogP contribution in [0.3, 0.4) is 0 Å². The summed E-state index contributed by atoms with van der Waals surface area (Å²) >= 11 is 5.70. The zero-order valence-electron chi connectivity index (χ0n) is 11.2. The summed E-state index contributed by atoms with van der Waals surface area (Å²) in [5, 5.41) is 0. The second kappa shape index (κ2) is 6.54. The number of benzene rings is 1. The fourth-order valence-corrected chi connectivity index (χ4v) is 3.38. The number of amides is 1. The van der Waals surface area contributed by atoms with E-state index < -0.39 is 0 Å². The van der Waals surface area contributed by atoms with Crippen molar-refractivity contribution in [3.05, 3.63) is 31.8 Å². The van der Waals surface area contributed by atoms with Crippen LogP contribution in [0, 0.1) is 3.57 Å². The molecule has 1 aliphatic heterocycles. The van der Waals surface area contributed by atoms with Crippen molar-refractivity contribution in [2.45, 2.75) is 18.9 Å². The zero-order chi connectivity index (χ0) is 14.0. The quantitative estimate of drug-likeness (QED) is 0.679. The van der Waals surface area contributed by atoms with Crippen molar-refractivity contribution >= 4 is 44.4 Å². The predicted octanol–water partition coefficient (Wildman–Crippen LogP) is 3.22. The normalized spacial score (nSPS) is 19.7. The van der Waals surface area contributed by atoms with Gasteiger partial charge in [0.05, 0.1) is 5.56 Å². The number of hydrogen-bond donors (Lipinski definition) is 0. The van der Waals surface area contributed by atoms with E-state index in [0.717, 1.165) is 26.7 Å². The second-order valence-electron chi connectivity index (χ2n) is 5.09. The summed E-state index contributed by atoms with van der Waals surface area (Å²) in [7, 11) is 4.03. The molecule has 0 N–H and O–H groups in total. The molecule has 1 saturated heterocycles. The SMILES string of the molecule is CN(CC1CCCN1C)C(=O)c1cc(I)ccc1Br. The van der Waals surface area contributed by atoms with Crippen molar-refractivity contribution in [2.24, 2.45) is 0 Å². The Labute approximate surface area is 136 Å². The minimum Gasteiger partial charge on any atom is -0.340 e. The molecule has 1 aliphatic rings. The fraction of sp³-hybridized carbons (Fsp3) is 0.500. The molecule has 104 valence electrons. The van der Waals surface area contributed by atoms with Crippen LogP contribution in [0.2, 0.25) is 0 Å². The Hall–Kier alpha value is -0.140. The van der Waals surface area contributed by atoms with E-state index in [-0.39, 0.29) is 5.91 Å². The van der Waals surface area contributed by atoms with Gasteiger partial charge in [0.15, 0.2) is 0 Å². The highest BCUT2D eigenvalue weighted by Crippen LogP contribution is 2.22. The van der Waals surface area contributed by atoms with Gasteiger partial charge in [-0.15, -0.1) is 0 Å². The zero-order valence-corrected chi connectivity index (χ0v) is 14.9. The highest BCUT2D eigenvalue weighted by Gasteiger charge is 2.25. The third-order valence-electron chi connectivity index (χ3n) is 3.66. The molecule has 19 heavy (non-hydrogen) atoms. The van der Waals surface area contributed by atoms with Gasteiger partial charge >= 0.3 is 0 Å². The summed E-state index contributed by atoms with van der Waals surface area (Å²) in [5.41, 5.74) is 0.745. The van der Waals surface area contributed by atoms with Crippen LogP contribution >= 0.6 is 38.5 Å². The molecule has 1 unspecified atom stereocenters. The number of likely N-dealkylation sites (tertiary alicyclic amines) is 1. The Morgan fingerprint density at radius 1 is 1.58 bits per heavy atom. The first-order chi connectivity index (χ1) is 8.99. The smallest absolute Gasteiger partial charge is 0.254 e. The van der Waals surface area contributed by atoms with Crippen molar-refractivity contribution in [1.82, 2.24) is 9.80 Å². The van der Waals surface area contributed by atoms with Gasteiger partial charge in [0.1, 0.15) is 0 Å². The number of rotatable bonds is 3. The van der Waals surface area contributed by atoms with E-state index in [4.69, 9.17) is 0 Å². The van der Waals surface area contributed by atoms with Gasteiger partial charge in [-0.1, -0.05) is 0 Å². The number of likely N-dealkylation sites (N-methyl/N-ethyl adjacent to an activating group) is 2. The molecule has 2 rings (SSSR count). The minimum absolute atomic E-state index is 0.0886. The predicted molar refractivity (Wildman–Crippen MR) is 89.5 cm³/mol. The Kier molecular flexibility index (Phi) is 5.25. The van der Waals surface area contributed by atoms with Crippen LogP contribution in [0.4, 0.5) is 0 Å². The van der Waals surface area contributed by atoms with Gasteiger partial charge in [-0.2, -0.15) is 0 Å². The summed E-state index contributed by atoms with van der Waals surface area (Å²) in [6.45, 7) is 1.94. The molecule has 0 bridgehead atoms. The molecular weight excluding hydrogens is 419 g/mol. The number of nitrogens with zero attached hydrogens (tertiary/aromatic N) is 2. The molecule has 0 saturated carbocycles. The molecule has 0 aliphatic carbocycles. The lowest BCUT2D eigenvalue weighted by Gasteiger charge is -2.26. The van der Waals surface area contributed by atoms with Crippen molar-refractivity contribution in [1.29, 1.82) is 0 Å². The van der Waals surface area contributed by atoms with Gasteiger partial charge in [-0.25, -0.2) is 0 Å². The summed E-state index contributed by atoms with van der Waals surface area (Å²) in [6.07, 6.45) is 2.41. The molecule has 3 nitrogen and oxygen atoms in total. The molecule has 0 spiro atoms. The first-order valence-corrected chi connectivity index (χ1v) is 8.27. The van der Waals surface area contributed by atoms with E-state index in [2.05, 4.69) is 50.5 Å². The Morgan fingerprint density at radius 3 is 2.95 bits per heavy atom. The van der Waals surface area contributed by atoms with Gasteiger partial charge in [0.2, 0.25) is 0 Å². The maximum atomic E-state index is 12.5. The number of carbonyl (C=O) groups excluding carboxylic acids is 1. The molecule has 1 fully saturated rings. The first kappa shape index (κ1) is 15.3. The third-order valence-corrected chi connectivity index (χ3v) is 5.02. The minimum atomic E-state index is 0.0886. The summed E-state index contributed by atoms with van der Waals surface area (Å²) in [6, 6.07) is 6.36. The molecular formula is C14H18BrIN2O. The number of halogens is 2. The van der Waals surface area contributed by atoms with Crippen molar-refractivity contribution in [2.75, 3.05) is 27.2 Å². The van der Waals surface area contributed by atoms with Gasteiger partial charge in [-0.05, 0) is 83.2 Å². The van der Waals surface area contributed by atoms with Crippen LogP contribution in [-0.4, -0.2) is 48.9 Å². The average Bonchev–Trinajstić information content (AvgIpc) is 2.77. The average molecular weight is 437 g/mol. The highest BCUT2D eigenvalue weighted by molar-refractivity contribution is 14.1. The van der Waals surface area contributed by atoms with Crippen molar-refractivity contribution in [3.8, 4) is 0 Å². The lowest BCUT2D eigenvalue weighted by atomic mass is 10.1. The third kappa shape index (κ3) is 3.70. The molecule has 0 radical (unpaired) electrons. The monoisotopic (exact) mass is 436 g/mol. The van der Waals surface area contributed by atoms with Gasteiger partial charge in [-0.3, -0.25) is 4.79 Å². The van der Waals surface area contributed by atoms with E-state index in [1.54, 1.807) is 0 Å². The molecule has 1 aromatic rings. The lowest BCUT2D eigenvalue weighted by molar-refractivity contribution is 0.0760. The van der Waals surface area contributed by atoms with E-state index in [9.17, 15) is 4.79 Å². The number of hydrogen-bond acceptors (Lipinski definition) is 2. The van der Waals surface area contributed by atoms with Crippen LogP contribution < -0.4 is 0 Å². The Balaban J connectivity index is 2.08. The summed E-state index contributed by atoms with van der Waals surface area (Å²) in [5.74, 6) is 0.0886. The topological polar surface area (TPSA) is 23.6 Å². The lowest BCUT2D eigenvalue weighted by Crippen LogP contribution is -2.39. The molecule has 1 heterocycles. The number of carbonyl (C=O) groups is 1. The highest BCUT2D eigenvalue weighted by atomic mass is 127. The van der Waals surface area contributed by atoms with Crippen LogP contribution in [0.15, 0.2) is 22.7 Å². The maximum Gasteiger partial charge on any atom is 0.254 e. The largest absolute Gasteiger partial charge is 0.340 e. The maximum absolute atomic E-state index is 12.5. The molecule has 1 aromatic carbocycles. The fourth-order valence-electron chi connectivity index (χ4n) is 2.48. The van der Waals surface area contributed by atoms with E-state index in [1.807, 2.05) is 30.1 Å². The molecule has 5 heteroatoms. The molecule has 1 amide bonds. The van der Waals surface area contributed by atoms with Gasteiger partial charge in [0.25, 0.3) is 5.91 Å². The van der Waals surface area contributed by atoms with Crippen LogP contribution in [0.25, 0.3) is 0 Å². The summed E-state index contributed by atoms with van der Waals surface area (Å²) < 4.78 is 1.94. The Bertz CT molecular complexity index is 481. The van der Waals surface area contributed by atoms with Gasteiger partial charge in [0, 0.05) is 27.7 Å². The molecule has 1 atom stereocenters. The standard InChI is InChI=1S/C14H18BrIN2O/c1-17-7-3-4-11(17)9-18(2)14(19)12-8-10(16)5-6-13(12)15/h5-6,8,11H,3-4,7,9H2,1-2H3. The van der Waals surface area contributed by atoms with Crippen LogP contribution in [0.1, 0.15) is 23.2 Å². The van der Waals surface area contributed by atoms with E-state index in [0.29, 0.717) is 6.04 Å².